The minimum atomic E-state index is -4.50. The Balaban J connectivity index is 2.07. The number of alkyl halides is 3. The number of phenolic OH excluding ortho intramolecular Hbond substituents is 1. The average molecular weight is 299 g/mol. The number of anilines is 1. The highest BCUT2D eigenvalue weighted by molar-refractivity contribution is 5.99. The molecule has 2 aromatic rings. The first-order valence-electron chi connectivity index (χ1n) is 5.94. The third-order valence-electron chi connectivity index (χ3n) is 2.85. The zero-order valence-electron chi connectivity index (χ0n) is 11.0. The van der Waals surface area contributed by atoms with Gasteiger partial charge >= 0.3 is 6.18 Å². The van der Waals surface area contributed by atoms with E-state index >= 15 is 0 Å². The van der Waals surface area contributed by atoms with Crippen molar-refractivity contribution in [2.45, 2.75) is 6.18 Å². The van der Waals surface area contributed by atoms with Crippen LogP contribution in [0.4, 0.5) is 19.1 Å². The molecule has 0 aliphatic carbocycles. The Morgan fingerprint density at radius 2 is 2.14 bits per heavy atom. The first kappa shape index (κ1) is 14.9. The molecule has 1 aromatic heterocycles. The van der Waals surface area contributed by atoms with Crippen LogP contribution in [0.3, 0.4) is 0 Å². The molecule has 1 heterocycles. The number of carbonyl (C=O) groups excluding carboxylic acids is 1. The summed E-state index contributed by atoms with van der Waals surface area (Å²) >= 11 is 0. The maximum absolute atomic E-state index is 12.6. The van der Waals surface area contributed by atoms with E-state index in [1.165, 1.54) is 31.3 Å². The lowest BCUT2D eigenvalue weighted by Crippen LogP contribution is -2.18. The summed E-state index contributed by atoms with van der Waals surface area (Å²) in [6, 6.07) is 5.70. The maximum atomic E-state index is 12.6. The van der Waals surface area contributed by atoms with E-state index in [-0.39, 0.29) is 29.6 Å². The minimum absolute atomic E-state index is 0.0581. The van der Waals surface area contributed by atoms with Gasteiger partial charge in [-0.25, -0.2) is 4.98 Å². The second kappa shape index (κ2) is 5.47. The first-order valence-corrected chi connectivity index (χ1v) is 5.94. The number of ketones is 1. The monoisotopic (exact) mass is 299 g/mol. The Kier molecular flexibility index (Phi) is 3.88. The Labute approximate surface area is 118 Å². The minimum Gasteiger partial charge on any atom is -0.508 e. The van der Waals surface area contributed by atoms with Crippen LogP contribution in [0.15, 0.2) is 30.5 Å². The number of Topliss-reactive ketones (excluding diaryl/α,β-unsaturated/α-hetero) is 1. The van der Waals surface area contributed by atoms with E-state index in [0.29, 0.717) is 6.20 Å². The van der Waals surface area contributed by atoms with Crippen molar-refractivity contribution >= 4 is 11.7 Å². The van der Waals surface area contributed by atoms with Gasteiger partial charge in [-0.3, -0.25) is 4.79 Å². The number of phenols is 1. The molecule has 0 bridgehead atoms. The van der Waals surface area contributed by atoms with E-state index in [1.54, 1.807) is 0 Å². The molecule has 2 N–H and O–H groups in total. The van der Waals surface area contributed by atoms with Crippen LogP contribution >= 0.6 is 0 Å². The Bertz CT molecular complexity index is 665. The molecule has 1 aromatic carbocycles. The van der Waals surface area contributed by atoms with Crippen LogP contribution in [0, 0.1) is 0 Å². The van der Waals surface area contributed by atoms with E-state index in [4.69, 9.17) is 0 Å². The lowest BCUT2D eigenvalue weighted by atomic mass is 10.1. The number of imidazole rings is 1. The number of aromatic nitrogens is 2. The summed E-state index contributed by atoms with van der Waals surface area (Å²) in [5.74, 6) is -0.490. The summed E-state index contributed by atoms with van der Waals surface area (Å²) in [5.41, 5.74) is -0.650. The van der Waals surface area contributed by atoms with Gasteiger partial charge in [-0.2, -0.15) is 13.2 Å². The average Bonchev–Trinajstić information content (AvgIpc) is 2.77. The van der Waals surface area contributed by atoms with Gasteiger partial charge in [0.25, 0.3) is 0 Å². The van der Waals surface area contributed by atoms with Crippen molar-refractivity contribution in [3.63, 3.8) is 0 Å². The van der Waals surface area contributed by atoms with E-state index < -0.39 is 11.9 Å². The van der Waals surface area contributed by atoms with Gasteiger partial charge in [0.2, 0.25) is 5.95 Å². The molecular formula is C13H12F3N3O2. The quantitative estimate of drug-likeness (QED) is 0.851. The van der Waals surface area contributed by atoms with Crippen molar-refractivity contribution in [3.8, 4) is 5.75 Å². The predicted octanol–water partition coefficient (Wildman–Crippen LogP) is 2.44. The van der Waals surface area contributed by atoms with Crippen molar-refractivity contribution in [1.29, 1.82) is 0 Å². The van der Waals surface area contributed by atoms with Crippen LogP contribution < -0.4 is 5.32 Å². The van der Waals surface area contributed by atoms with Crippen LogP contribution in [-0.4, -0.2) is 27.0 Å². The van der Waals surface area contributed by atoms with Gasteiger partial charge in [0, 0.05) is 12.6 Å². The topological polar surface area (TPSA) is 67.2 Å². The molecule has 0 atom stereocenters. The maximum Gasteiger partial charge on any atom is 0.433 e. The van der Waals surface area contributed by atoms with E-state index in [2.05, 4.69) is 10.3 Å². The standard InChI is InChI=1S/C13H12F3N3O2/c1-19-11(13(14,15)16)7-18-12(19)17-6-10(21)8-3-2-4-9(20)5-8/h2-5,7,20H,6H2,1H3,(H,17,18). The molecule has 8 heteroatoms. The number of nitrogens with zero attached hydrogens (tertiary/aromatic N) is 2. The number of hydrogen-bond donors (Lipinski definition) is 2. The summed E-state index contributed by atoms with van der Waals surface area (Å²) in [5, 5.41) is 11.8. The van der Waals surface area contributed by atoms with Crippen LogP contribution in [-0.2, 0) is 13.2 Å². The highest BCUT2D eigenvalue weighted by Gasteiger charge is 2.35. The molecule has 0 amide bonds. The number of hydrogen-bond acceptors (Lipinski definition) is 4. The van der Waals surface area contributed by atoms with E-state index in [1.807, 2.05) is 0 Å². The molecule has 112 valence electrons. The summed E-state index contributed by atoms with van der Waals surface area (Å²) in [6.07, 6.45) is -3.81. The zero-order chi connectivity index (χ0) is 15.6. The van der Waals surface area contributed by atoms with Crippen molar-refractivity contribution in [1.82, 2.24) is 9.55 Å². The SMILES string of the molecule is Cn1c(C(F)(F)F)cnc1NCC(=O)c1cccc(O)c1. The number of carbonyl (C=O) groups is 1. The molecule has 0 fully saturated rings. The number of halogens is 3. The van der Waals surface area contributed by atoms with Gasteiger partial charge in [0.05, 0.1) is 12.7 Å². The molecular weight excluding hydrogens is 287 g/mol. The smallest absolute Gasteiger partial charge is 0.433 e. The van der Waals surface area contributed by atoms with Gasteiger partial charge in [-0.15, -0.1) is 0 Å². The molecule has 0 unspecified atom stereocenters. The molecule has 0 saturated heterocycles. The fraction of sp³-hybridized carbons (Fsp3) is 0.231. The van der Waals surface area contributed by atoms with Gasteiger partial charge in [0.1, 0.15) is 11.4 Å². The lowest BCUT2D eigenvalue weighted by Gasteiger charge is -2.09. The molecule has 2 rings (SSSR count). The summed E-state index contributed by atoms with van der Waals surface area (Å²) in [6.45, 7) is -0.231. The number of nitrogens with one attached hydrogen (secondary N) is 1. The number of aromatic hydroxyl groups is 1. The number of benzene rings is 1. The normalized spacial score (nSPS) is 11.4. The summed E-state index contributed by atoms with van der Waals surface area (Å²) < 4.78 is 38.6. The van der Waals surface area contributed by atoms with Crippen molar-refractivity contribution in [2.24, 2.45) is 7.05 Å². The van der Waals surface area contributed by atoms with Crippen LogP contribution in [0.2, 0.25) is 0 Å². The lowest BCUT2D eigenvalue weighted by molar-refractivity contribution is -0.143. The second-order valence-electron chi connectivity index (χ2n) is 4.35. The molecule has 0 aliphatic heterocycles. The summed E-state index contributed by atoms with van der Waals surface area (Å²) in [7, 11) is 1.21. The van der Waals surface area contributed by atoms with Crippen molar-refractivity contribution in [3.05, 3.63) is 41.7 Å². The first-order chi connectivity index (χ1) is 9.79. The number of rotatable bonds is 4. The highest BCUT2D eigenvalue weighted by Crippen LogP contribution is 2.30. The molecule has 0 radical (unpaired) electrons. The highest BCUT2D eigenvalue weighted by atomic mass is 19.4. The van der Waals surface area contributed by atoms with Crippen LogP contribution in [0.25, 0.3) is 0 Å². The van der Waals surface area contributed by atoms with Gasteiger partial charge in [-0.05, 0) is 12.1 Å². The Hall–Kier alpha value is -2.51. The molecule has 0 aliphatic rings. The third kappa shape index (κ3) is 3.33. The fourth-order valence-corrected chi connectivity index (χ4v) is 1.78. The molecule has 0 saturated carbocycles. The zero-order valence-corrected chi connectivity index (χ0v) is 11.0. The Morgan fingerprint density at radius 1 is 1.43 bits per heavy atom. The van der Waals surface area contributed by atoms with E-state index in [9.17, 15) is 23.1 Å². The molecule has 0 spiro atoms. The van der Waals surface area contributed by atoms with Gasteiger partial charge in [-0.1, -0.05) is 12.1 Å². The molecule has 5 nitrogen and oxygen atoms in total. The van der Waals surface area contributed by atoms with Gasteiger partial charge in [0.15, 0.2) is 5.78 Å². The largest absolute Gasteiger partial charge is 0.508 e. The summed E-state index contributed by atoms with van der Waals surface area (Å²) in [4.78, 5) is 15.4. The third-order valence-corrected chi connectivity index (χ3v) is 2.85. The van der Waals surface area contributed by atoms with Crippen molar-refractivity contribution < 1.29 is 23.1 Å². The van der Waals surface area contributed by atoms with Crippen molar-refractivity contribution in [2.75, 3.05) is 11.9 Å². The predicted molar refractivity (Wildman–Crippen MR) is 69.1 cm³/mol. The van der Waals surface area contributed by atoms with Crippen LogP contribution in [0.5, 0.6) is 5.75 Å². The van der Waals surface area contributed by atoms with Crippen LogP contribution in [0.1, 0.15) is 16.1 Å². The fourth-order valence-electron chi connectivity index (χ4n) is 1.78. The second-order valence-corrected chi connectivity index (χ2v) is 4.35. The Morgan fingerprint density at radius 3 is 2.71 bits per heavy atom. The van der Waals surface area contributed by atoms with Gasteiger partial charge < -0.3 is 15.0 Å². The van der Waals surface area contributed by atoms with E-state index in [0.717, 1.165) is 4.57 Å². The molecule has 21 heavy (non-hydrogen) atoms.